The Kier molecular flexibility index (Phi) is 7.37. The molecule has 0 radical (unpaired) electrons. The maximum absolute atomic E-state index is 13.1. The molecule has 22 heavy (non-hydrogen) atoms. The van der Waals surface area contributed by atoms with Crippen molar-refractivity contribution in [2.75, 3.05) is 6.54 Å². The third-order valence-corrected chi connectivity index (χ3v) is 5.14. The molecule has 0 bridgehead atoms. The highest BCUT2D eigenvalue weighted by Crippen LogP contribution is 2.39. The Labute approximate surface area is 136 Å². The highest BCUT2D eigenvalue weighted by atomic mass is 16.2. The van der Waals surface area contributed by atoms with E-state index in [0.717, 1.165) is 32.1 Å². The van der Waals surface area contributed by atoms with Crippen molar-refractivity contribution in [3.8, 4) is 0 Å². The predicted octanol–water partition coefficient (Wildman–Crippen LogP) is 3.35. The van der Waals surface area contributed by atoms with Gasteiger partial charge in [-0.3, -0.25) is 9.59 Å². The molecule has 0 spiro atoms. The lowest BCUT2D eigenvalue weighted by Crippen LogP contribution is -2.56. The van der Waals surface area contributed by atoms with Crippen molar-refractivity contribution < 1.29 is 9.59 Å². The average molecular weight is 310 g/mol. The second-order valence-corrected chi connectivity index (χ2v) is 7.54. The van der Waals surface area contributed by atoms with E-state index < -0.39 is 0 Å². The lowest BCUT2D eigenvalue weighted by Gasteiger charge is -2.42. The Morgan fingerprint density at radius 1 is 1.23 bits per heavy atom. The number of nitrogens with zero attached hydrogens (tertiary/aromatic N) is 1. The van der Waals surface area contributed by atoms with Crippen LogP contribution in [0.4, 0.5) is 0 Å². The molecule has 128 valence electrons. The average Bonchev–Trinajstić information content (AvgIpc) is 2.45. The summed E-state index contributed by atoms with van der Waals surface area (Å²) in [6, 6.07) is -0.180. The zero-order valence-electron chi connectivity index (χ0n) is 15.0. The normalized spacial score (nSPS) is 20.3. The van der Waals surface area contributed by atoms with Gasteiger partial charge in [-0.2, -0.15) is 0 Å². The Morgan fingerprint density at radius 2 is 1.82 bits per heavy atom. The van der Waals surface area contributed by atoms with Crippen molar-refractivity contribution in [2.24, 2.45) is 11.3 Å². The second-order valence-electron chi connectivity index (χ2n) is 7.54. The number of amides is 2. The SMILES string of the molecule is CCN(C(=O)C(NC=O)C1(C)CCCCC1)C(C)CC(C)C. The number of hydrogen-bond donors (Lipinski definition) is 1. The van der Waals surface area contributed by atoms with Crippen molar-refractivity contribution in [1.82, 2.24) is 10.2 Å². The van der Waals surface area contributed by atoms with Crippen LogP contribution in [0.25, 0.3) is 0 Å². The molecule has 1 fully saturated rings. The standard InChI is InChI=1S/C18H34N2O2/c1-6-20(15(4)12-14(2)3)17(22)16(19-13-21)18(5)10-8-7-9-11-18/h13-16H,6-12H2,1-5H3,(H,19,21). The van der Waals surface area contributed by atoms with Crippen molar-refractivity contribution >= 4 is 12.3 Å². The lowest BCUT2D eigenvalue weighted by molar-refractivity contribution is -0.141. The van der Waals surface area contributed by atoms with Crippen LogP contribution in [0.3, 0.4) is 0 Å². The maximum Gasteiger partial charge on any atom is 0.245 e. The fourth-order valence-electron chi connectivity index (χ4n) is 3.95. The molecule has 1 aliphatic carbocycles. The quantitative estimate of drug-likeness (QED) is 0.699. The van der Waals surface area contributed by atoms with Gasteiger partial charge in [-0.05, 0) is 44.4 Å². The van der Waals surface area contributed by atoms with Gasteiger partial charge >= 0.3 is 0 Å². The Bertz CT molecular complexity index is 362. The predicted molar refractivity (Wildman–Crippen MR) is 90.5 cm³/mol. The van der Waals surface area contributed by atoms with Crippen molar-refractivity contribution in [2.45, 2.75) is 85.2 Å². The fourth-order valence-corrected chi connectivity index (χ4v) is 3.95. The van der Waals surface area contributed by atoms with Gasteiger partial charge in [0.1, 0.15) is 6.04 Å². The van der Waals surface area contributed by atoms with Gasteiger partial charge in [0.2, 0.25) is 12.3 Å². The third kappa shape index (κ3) is 4.72. The first-order valence-electron chi connectivity index (χ1n) is 8.86. The van der Waals surface area contributed by atoms with Crippen LogP contribution in [0.5, 0.6) is 0 Å². The van der Waals surface area contributed by atoms with Gasteiger partial charge in [0.15, 0.2) is 0 Å². The summed E-state index contributed by atoms with van der Waals surface area (Å²) in [4.78, 5) is 26.1. The van der Waals surface area contributed by atoms with E-state index in [2.05, 4.69) is 33.0 Å². The van der Waals surface area contributed by atoms with Crippen LogP contribution in [0.15, 0.2) is 0 Å². The molecular formula is C18H34N2O2. The van der Waals surface area contributed by atoms with Crippen LogP contribution < -0.4 is 5.32 Å². The third-order valence-electron chi connectivity index (χ3n) is 5.14. The zero-order valence-corrected chi connectivity index (χ0v) is 15.0. The van der Waals surface area contributed by atoms with Crippen LogP contribution in [0, 0.1) is 11.3 Å². The van der Waals surface area contributed by atoms with Gasteiger partial charge in [-0.15, -0.1) is 0 Å². The largest absolute Gasteiger partial charge is 0.346 e. The first-order chi connectivity index (χ1) is 10.4. The monoisotopic (exact) mass is 310 g/mol. The van der Waals surface area contributed by atoms with E-state index in [1.54, 1.807) is 0 Å². The van der Waals surface area contributed by atoms with Crippen molar-refractivity contribution in [3.63, 3.8) is 0 Å². The molecule has 0 aromatic rings. The first kappa shape index (κ1) is 19.0. The summed E-state index contributed by atoms with van der Waals surface area (Å²) < 4.78 is 0. The molecule has 0 heterocycles. The van der Waals surface area contributed by atoms with E-state index in [-0.39, 0.29) is 23.4 Å². The van der Waals surface area contributed by atoms with Gasteiger partial charge in [0, 0.05) is 12.6 Å². The smallest absolute Gasteiger partial charge is 0.245 e. The molecule has 1 aliphatic rings. The summed E-state index contributed by atoms with van der Waals surface area (Å²) in [7, 11) is 0. The van der Waals surface area contributed by atoms with Gasteiger partial charge in [0.05, 0.1) is 0 Å². The Morgan fingerprint density at radius 3 is 2.27 bits per heavy atom. The molecule has 0 aromatic carbocycles. The first-order valence-corrected chi connectivity index (χ1v) is 8.86. The van der Waals surface area contributed by atoms with Crippen LogP contribution in [0.1, 0.15) is 73.1 Å². The molecule has 2 unspecified atom stereocenters. The van der Waals surface area contributed by atoms with Crippen molar-refractivity contribution in [1.29, 1.82) is 0 Å². The number of carbonyl (C=O) groups is 2. The minimum atomic E-state index is -0.389. The zero-order chi connectivity index (χ0) is 16.8. The molecule has 4 heteroatoms. The Hall–Kier alpha value is -1.06. The lowest BCUT2D eigenvalue weighted by atomic mass is 9.70. The summed E-state index contributed by atoms with van der Waals surface area (Å²) in [5.74, 6) is 0.645. The highest BCUT2D eigenvalue weighted by molar-refractivity contribution is 5.85. The van der Waals surface area contributed by atoms with Crippen LogP contribution in [-0.4, -0.2) is 35.8 Å². The maximum atomic E-state index is 13.1. The van der Waals surface area contributed by atoms with Gasteiger partial charge < -0.3 is 10.2 Å². The summed E-state index contributed by atoms with van der Waals surface area (Å²) in [6.07, 6.45) is 7.25. The molecule has 4 nitrogen and oxygen atoms in total. The van der Waals surface area contributed by atoms with E-state index in [1.807, 2.05) is 11.8 Å². The summed E-state index contributed by atoms with van der Waals surface area (Å²) in [5.41, 5.74) is -0.110. The molecule has 1 rings (SSSR count). The minimum Gasteiger partial charge on any atom is -0.346 e. The van der Waals surface area contributed by atoms with Crippen molar-refractivity contribution in [3.05, 3.63) is 0 Å². The van der Waals surface area contributed by atoms with Crippen LogP contribution in [0.2, 0.25) is 0 Å². The highest BCUT2D eigenvalue weighted by Gasteiger charge is 2.42. The van der Waals surface area contributed by atoms with E-state index in [4.69, 9.17) is 0 Å². The number of hydrogen-bond acceptors (Lipinski definition) is 2. The van der Waals surface area contributed by atoms with E-state index >= 15 is 0 Å². The minimum absolute atomic E-state index is 0.0900. The number of carbonyl (C=O) groups excluding carboxylic acids is 2. The molecule has 0 aromatic heterocycles. The molecular weight excluding hydrogens is 276 g/mol. The van der Waals surface area contributed by atoms with Crippen LogP contribution in [-0.2, 0) is 9.59 Å². The van der Waals surface area contributed by atoms with Gasteiger partial charge in [-0.25, -0.2) is 0 Å². The fraction of sp³-hybridized carbons (Fsp3) is 0.889. The molecule has 2 atom stereocenters. The number of nitrogens with one attached hydrogen (secondary N) is 1. The molecule has 0 saturated heterocycles. The van der Waals surface area contributed by atoms with Crippen LogP contribution >= 0.6 is 0 Å². The molecule has 0 aliphatic heterocycles. The van der Waals surface area contributed by atoms with E-state index in [1.165, 1.54) is 6.42 Å². The Balaban J connectivity index is 2.92. The topological polar surface area (TPSA) is 49.4 Å². The summed E-state index contributed by atoms with van der Waals surface area (Å²) in [6.45, 7) is 11.3. The summed E-state index contributed by atoms with van der Waals surface area (Å²) >= 11 is 0. The van der Waals surface area contributed by atoms with E-state index in [9.17, 15) is 9.59 Å². The van der Waals surface area contributed by atoms with Gasteiger partial charge in [0.25, 0.3) is 0 Å². The number of rotatable bonds is 8. The summed E-state index contributed by atoms with van der Waals surface area (Å²) in [5, 5.41) is 2.84. The molecule has 1 saturated carbocycles. The van der Waals surface area contributed by atoms with E-state index in [0.29, 0.717) is 18.9 Å². The second kappa shape index (κ2) is 8.54. The molecule has 2 amide bonds. The number of likely N-dealkylation sites (N-methyl/N-ethyl adjacent to an activating group) is 1. The van der Waals surface area contributed by atoms with Gasteiger partial charge in [-0.1, -0.05) is 40.0 Å². The molecule has 1 N–H and O–H groups in total.